The van der Waals surface area contributed by atoms with Crippen LogP contribution in [-0.2, 0) is 0 Å². The Labute approximate surface area is 98.5 Å². The van der Waals surface area contributed by atoms with Crippen molar-refractivity contribution in [1.82, 2.24) is 0 Å². The van der Waals surface area contributed by atoms with Gasteiger partial charge in [-0.3, -0.25) is 0 Å². The maximum atomic E-state index is 5.81. The molecule has 3 rings (SSSR count). The van der Waals surface area contributed by atoms with Crippen LogP contribution in [0.1, 0.15) is 0 Å². The van der Waals surface area contributed by atoms with Crippen LogP contribution in [0, 0.1) is 0 Å². The van der Waals surface area contributed by atoms with Crippen molar-refractivity contribution in [1.29, 1.82) is 0 Å². The molecule has 0 aliphatic carbocycles. The number of ether oxygens (including phenoxy) is 2. The second-order valence-electron chi connectivity index (χ2n) is 3.78. The van der Waals surface area contributed by atoms with Crippen LogP contribution in [0.5, 0.6) is 11.5 Å². The summed E-state index contributed by atoms with van der Waals surface area (Å²) >= 11 is 0. The maximum Gasteiger partial charge on any atom is 0.204 e. The summed E-state index contributed by atoms with van der Waals surface area (Å²) in [7, 11) is 3.23. The summed E-state index contributed by atoms with van der Waals surface area (Å²) in [5, 5.41) is 2.13. The van der Waals surface area contributed by atoms with E-state index in [9.17, 15) is 0 Å². The summed E-state index contributed by atoms with van der Waals surface area (Å²) in [5.41, 5.74) is 1.59. The Morgan fingerprint density at radius 1 is 0.882 bits per heavy atom. The molecule has 0 aliphatic rings. The monoisotopic (exact) mass is 228 g/mol. The lowest BCUT2D eigenvalue weighted by molar-refractivity contribution is 0.354. The second-order valence-corrected chi connectivity index (χ2v) is 3.78. The van der Waals surface area contributed by atoms with Gasteiger partial charge >= 0.3 is 0 Å². The van der Waals surface area contributed by atoms with Crippen molar-refractivity contribution in [3.05, 3.63) is 36.4 Å². The van der Waals surface area contributed by atoms with Crippen molar-refractivity contribution >= 4 is 21.9 Å². The molecular formula is C14H12O3. The molecule has 3 aromatic rings. The Balaban J connectivity index is 2.47. The van der Waals surface area contributed by atoms with E-state index in [1.165, 1.54) is 0 Å². The van der Waals surface area contributed by atoms with Crippen molar-refractivity contribution in [3.8, 4) is 11.5 Å². The average Bonchev–Trinajstić information content (AvgIpc) is 2.75. The van der Waals surface area contributed by atoms with Gasteiger partial charge in [0.25, 0.3) is 0 Å². The Hall–Kier alpha value is -2.16. The second kappa shape index (κ2) is 3.70. The van der Waals surface area contributed by atoms with E-state index in [1.807, 2.05) is 36.4 Å². The molecular weight excluding hydrogens is 216 g/mol. The number of benzene rings is 2. The number of furan rings is 1. The molecule has 2 aromatic carbocycles. The van der Waals surface area contributed by atoms with Crippen LogP contribution in [0.25, 0.3) is 21.9 Å². The summed E-state index contributed by atoms with van der Waals surface area (Å²) in [4.78, 5) is 0. The van der Waals surface area contributed by atoms with Gasteiger partial charge in [0, 0.05) is 10.8 Å². The third-order valence-corrected chi connectivity index (χ3v) is 2.89. The Bertz CT molecular complexity index is 682. The first-order chi connectivity index (χ1) is 8.35. The first kappa shape index (κ1) is 10.0. The van der Waals surface area contributed by atoms with Gasteiger partial charge in [0.2, 0.25) is 5.75 Å². The molecule has 0 N–H and O–H groups in total. The summed E-state index contributed by atoms with van der Waals surface area (Å²) in [5.74, 6) is 1.32. The van der Waals surface area contributed by atoms with Crippen LogP contribution < -0.4 is 9.47 Å². The molecule has 86 valence electrons. The zero-order valence-corrected chi connectivity index (χ0v) is 9.69. The predicted molar refractivity (Wildman–Crippen MR) is 66.8 cm³/mol. The number of rotatable bonds is 2. The van der Waals surface area contributed by atoms with Crippen molar-refractivity contribution in [3.63, 3.8) is 0 Å². The zero-order chi connectivity index (χ0) is 11.8. The molecule has 0 spiro atoms. The highest BCUT2D eigenvalue weighted by atomic mass is 16.5. The molecule has 0 unspecified atom stereocenters. The van der Waals surface area contributed by atoms with Gasteiger partial charge in [-0.25, -0.2) is 0 Å². The average molecular weight is 228 g/mol. The highest BCUT2D eigenvalue weighted by Gasteiger charge is 2.15. The maximum absolute atomic E-state index is 5.81. The van der Waals surface area contributed by atoms with Crippen molar-refractivity contribution in [2.45, 2.75) is 0 Å². The molecule has 1 aromatic heterocycles. The first-order valence-corrected chi connectivity index (χ1v) is 5.37. The molecule has 0 atom stereocenters. The van der Waals surface area contributed by atoms with Crippen LogP contribution >= 0.6 is 0 Å². The van der Waals surface area contributed by atoms with Crippen LogP contribution in [0.4, 0.5) is 0 Å². The van der Waals surface area contributed by atoms with Gasteiger partial charge in [0.15, 0.2) is 11.3 Å². The lowest BCUT2D eigenvalue weighted by atomic mass is 10.1. The van der Waals surface area contributed by atoms with E-state index in [4.69, 9.17) is 13.9 Å². The third-order valence-electron chi connectivity index (χ3n) is 2.89. The molecule has 1 heterocycles. The van der Waals surface area contributed by atoms with Gasteiger partial charge in [-0.05, 0) is 18.2 Å². The smallest absolute Gasteiger partial charge is 0.204 e. The largest absolute Gasteiger partial charge is 0.493 e. The van der Waals surface area contributed by atoms with E-state index in [0.29, 0.717) is 11.5 Å². The SMILES string of the molecule is COc1ccc2c(oc3ccccc32)c1OC. The summed E-state index contributed by atoms with van der Waals surface area (Å²) < 4.78 is 16.4. The highest BCUT2D eigenvalue weighted by molar-refractivity contribution is 6.07. The number of fused-ring (bicyclic) bond motifs is 3. The number of hydrogen-bond donors (Lipinski definition) is 0. The van der Waals surface area contributed by atoms with Gasteiger partial charge in [0.1, 0.15) is 5.58 Å². The van der Waals surface area contributed by atoms with Gasteiger partial charge < -0.3 is 13.9 Å². The van der Waals surface area contributed by atoms with Crippen molar-refractivity contribution in [2.24, 2.45) is 0 Å². The Morgan fingerprint density at radius 3 is 2.47 bits per heavy atom. The number of methoxy groups -OCH3 is 2. The van der Waals surface area contributed by atoms with Gasteiger partial charge in [-0.15, -0.1) is 0 Å². The van der Waals surface area contributed by atoms with E-state index in [-0.39, 0.29) is 0 Å². The number of para-hydroxylation sites is 1. The molecule has 17 heavy (non-hydrogen) atoms. The summed E-state index contributed by atoms with van der Waals surface area (Å²) in [6.07, 6.45) is 0. The number of hydrogen-bond acceptors (Lipinski definition) is 3. The Morgan fingerprint density at radius 2 is 1.71 bits per heavy atom. The normalized spacial score (nSPS) is 10.9. The fourth-order valence-electron chi connectivity index (χ4n) is 2.10. The minimum atomic E-state index is 0.640. The van der Waals surface area contributed by atoms with Crippen LogP contribution in [0.3, 0.4) is 0 Å². The highest BCUT2D eigenvalue weighted by Crippen LogP contribution is 2.40. The molecule has 0 saturated heterocycles. The van der Waals surface area contributed by atoms with Gasteiger partial charge in [-0.2, -0.15) is 0 Å². The minimum Gasteiger partial charge on any atom is -0.493 e. The van der Waals surface area contributed by atoms with E-state index >= 15 is 0 Å². The molecule has 3 heteroatoms. The molecule has 0 amide bonds. The zero-order valence-electron chi connectivity index (χ0n) is 9.69. The fraction of sp³-hybridized carbons (Fsp3) is 0.143. The Kier molecular flexibility index (Phi) is 2.18. The van der Waals surface area contributed by atoms with E-state index in [1.54, 1.807) is 14.2 Å². The molecule has 0 fully saturated rings. The first-order valence-electron chi connectivity index (χ1n) is 5.37. The quantitative estimate of drug-likeness (QED) is 0.671. The van der Waals surface area contributed by atoms with Crippen LogP contribution in [-0.4, -0.2) is 14.2 Å². The molecule has 0 saturated carbocycles. The summed E-state index contributed by atoms with van der Waals surface area (Å²) in [6.45, 7) is 0. The van der Waals surface area contributed by atoms with Crippen LogP contribution in [0.15, 0.2) is 40.8 Å². The van der Waals surface area contributed by atoms with Crippen molar-refractivity contribution < 1.29 is 13.9 Å². The fourth-order valence-corrected chi connectivity index (χ4v) is 2.10. The standard InChI is InChI=1S/C14H12O3/c1-15-12-8-7-10-9-5-3-4-6-11(9)17-13(10)14(12)16-2/h3-8H,1-2H3. The van der Waals surface area contributed by atoms with E-state index in [0.717, 1.165) is 21.9 Å². The van der Waals surface area contributed by atoms with E-state index in [2.05, 4.69) is 0 Å². The van der Waals surface area contributed by atoms with Crippen LogP contribution in [0.2, 0.25) is 0 Å². The topological polar surface area (TPSA) is 31.6 Å². The van der Waals surface area contributed by atoms with Crippen molar-refractivity contribution in [2.75, 3.05) is 14.2 Å². The third kappa shape index (κ3) is 1.35. The predicted octanol–water partition coefficient (Wildman–Crippen LogP) is 3.60. The van der Waals surface area contributed by atoms with Gasteiger partial charge in [0.05, 0.1) is 14.2 Å². The minimum absolute atomic E-state index is 0.640. The summed E-state index contributed by atoms with van der Waals surface area (Å²) in [6, 6.07) is 11.8. The molecule has 0 radical (unpaired) electrons. The van der Waals surface area contributed by atoms with E-state index < -0.39 is 0 Å². The molecule has 0 aliphatic heterocycles. The molecule has 0 bridgehead atoms. The lowest BCUT2D eigenvalue weighted by Crippen LogP contribution is -1.89. The molecule has 3 nitrogen and oxygen atoms in total. The lowest BCUT2D eigenvalue weighted by Gasteiger charge is -2.06. The van der Waals surface area contributed by atoms with Gasteiger partial charge in [-0.1, -0.05) is 18.2 Å².